The van der Waals surface area contributed by atoms with E-state index in [0.29, 0.717) is 12.5 Å². The molecule has 0 aliphatic carbocycles. The maximum absolute atomic E-state index is 8.91. The monoisotopic (exact) mass is 245 g/mol. The molecule has 0 unspecified atom stereocenters. The van der Waals surface area contributed by atoms with Gasteiger partial charge in [-0.2, -0.15) is 0 Å². The molecular weight excluding hydrogens is 226 g/mol. The zero-order valence-electron chi connectivity index (χ0n) is 10.8. The van der Waals surface area contributed by atoms with Gasteiger partial charge in [0.1, 0.15) is 0 Å². The summed E-state index contributed by atoms with van der Waals surface area (Å²) in [5.41, 5.74) is 2.22. The molecule has 0 fully saturated rings. The van der Waals surface area contributed by atoms with Crippen LogP contribution in [0.4, 0.5) is 0 Å². The molecule has 1 N–H and O–H groups in total. The molecule has 0 saturated carbocycles. The largest absolute Gasteiger partial charge is 0.394 e. The molecule has 0 saturated heterocycles. The number of aliphatic hydroxyl groups excluding tert-OH is 1. The fraction of sp³-hybridized carbons (Fsp3) is 0.429. The van der Waals surface area contributed by atoms with Crippen molar-refractivity contribution in [1.82, 2.24) is 15.0 Å². The van der Waals surface area contributed by atoms with Crippen LogP contribution in [0, 0.1) is 5.92 Å². The van der Waals surface area contributed by atoms with Gasteiger partial charge in [0.2, 0.25) is 0 Å². The molecule has 0 aliphatic heterocycles. The Labute approximate surface area is 107 Å². The van der Waals surface area contributed by atoms with E-state index in [9.17, 15) is 0 Å². The van der Waals surface area contributed by atoms with Gasteiger partial charge in [-0.15, -0.1) is 5.10 Å². The first-order chi connectivity index (χ1) is 8.72. The van der Waals surface area contributed by atoms with Crippen molar-refractivity contribution in [1.29, 1.82) is 0 Å². The molecule has 1 aromatic heterocycles. The predicted octanol–water partition coefficient (Wildman–Crippen LogP) is 2.06. The van der Waals surface area contributed by atoms with E-state index in [2.05, 4.69) is 36.3 Å². The molecule has 0 amide bonds. The van der Waals surface area contributed by atoms with Gasteiger partial charge in [0.25, 0.3) is 0 Å². The molecule has 0 aliphatic rings. The average molecular weight is 245 g/mol. The molecule has 0 radical (unpaired) electrons. The van der Waals surface area contributed by atoms with Crippen LogP contribution in [-0.2, 0) is 6.54 Å². The Morgan fingerprint density at radius 2 is 1.94 bits per heavy atom. The lowest BCUT2D eigenvalue weighted by Gasteiger charge is -2.18. The summed E-state index contributed by atoms with van der Waals surface area (Å²) in [6, 6.07) is 10.3. The summed E-state index contributed by atoms with van der Waals surface area (Å²) >= 11 is 0. The summed E-state index contributed by atoms with van der Waals surface area (Å²) in [7, 11) is 0. The quantitative estimate of drug-likeness (QED) is 0.877. The summed E-state index contributed by atoms with van der Waals surface area (Å²) in [6.45, 7) is 4.94. The minimum absolute atomic E-state index is 0.0838. The molecule has 18 heavy (non-hydrogen) atoms. The second-order valence-corrected chi connectivity index (χ2v) is 4.76. The molecular formula is C14H19N3O. The van der Waals surface area contributed by atoms with Crippen molar-refractivity contribution in [3.05, 3.63) is 47.8 Å². The molecule has 4 nitrogen and oxygen atoms in total. The van der Waals surface area contributed by atoms with Gasteiger partial charge in [0.05, 0.1) is 18.8 Å². The van der Waals surface area contributed by atoms with E-state index in [1.165, 1.54) is 5.56 Å². The Balaban J connectivity index is 2.30. The Morgan fingerprint density at radius 3 is 2.56 bits per heavy atom. The number of hydrogen-bond donors (Lipinski definition) is 1. The molecule has 1 aromatic carbocycles. The number of hydrogen-bond acceptors (Lipinski definition) is 3. The zero-order valence-corrected chi connectivity index (χ0v) is 10.8. The summed E-state index contributed by atoms with van der Waals surface area (Å²) in [6.07, 6.45) is 1.92. The molecule has 4 heteroatoms. The van der Waals surface area contributed by atoms with Crippen molar-refractivity contribution in [3.63, 3.8) is 0 Å². The van der Waals surface area contributed by atoms with E-state index in [0.717, 1.165) is 5.69 Å². The van der Waals surface area contributed by atoms with E-state index in [1.54, 1.807) is 4.68 Å². The first-order valence-electron chi connectivity index (χ1n) is 6.28. The molecule has 1 atom stereocenters. The fourth-order valence-corrected chi connectivity index (χ4v) is 2.23. The summed E-state index contributed by atoms with van der Waals surface area (Å²) in [5, 5.41) is 17.2. The number of aromatic nitrogens is 3. The third-order valence-electron chi connectivity index (χ3n) is 3.03. The van der Waals surface area contributed by atoms with Crippen LogP contribution in [0.25, 0.3) is 0 Å². The standard InChI is InChI=1S/C14H19N3O/c1-11(2)14(12-6-4-3-5-7-12)13-10-17(8-9-18)16-15-13/h3-7,10-11,14,18H,8-9H2,1-2H3/t14-/m0/s1. The second kappa shape index (κ2) is 5.78. The maximum atomic E-state index is 8.91. The van der Waals surface area contributed by atoms with E-state index < -0.39 is 0 Å². The highest BCUT2D eigenvalue weighted by Gasteiger charge is 2.21. The maximum Gasteiger partial charge on any atom is 0.0904 e. The van der Waals surface area contributed by atoms with Crippen molar-refractivity contribution < 1.29 is 5.11 Å². The number of aliphatic hydroxyl groups is 1. The highest BCUT2D eigenvalue weighted by Crippen LogP contribution is 2.29. The lowest BCUT2D eigenvalue weighted by molar-refractivity contribution is 0.268. The van der Waals surface area contributed by atoms with Crippen molar-refractivity contribution in [3.8, 4) is 0 Å². The smallest absolute Gasteiger partial charge is 0.0904 e. The van der Waals surface area contributed by atoms with E-state index in [1.807, 2.05) is 24.4 Å². The molecule has 96 valence electrons. The topological polar surface area (TPSA) is 50.9 Å². The Morgan fingerprint density at radius 1 is 1.22 bits per heavy atom. The summed E-state index contributed by atoms with van der Waals surface area (Å²) < 4.78 is 1.69. The van der Waals surface area contributed by atoms with E-state index in [-0.39, 0.29) is 12.5 Å². The van der Waals surface area contributed by atoms with Gasteiger partial charge < -0.3 is 5.11 Å². The van der Waals surface area contributed by atoms with Crippen molar-refractivity contribution >= 4 is 0 Å². The van der Waals surface area contributed by atoms with Crippen LogP contribution in [0.15, 0.2) is 36.5 Å². The minimum Gasteiger partial charge on any atom is -0.394 e. The van der Waals surface area contributed by atoms with Crippen LogP contribution in [-0.4, -0.2) is 26.7 Å². The first kappa shape index (κ1) is 12.8. The van der Waals surface area contributed by atoms with E-state index >= 15 is 0 Å². The molecule has 1 heterocycles. The lowest BCUT2D eigenvalue weighted by Crippen LogP contribution is -2.09. The molecule has 0 spiro atoms. The molecule has 0 bridgehead atoms. The molecule has 2 rings (SSSR count). The van der Waals surface area contributed by atoms with Crippen LogP contribution in [0.5, 0.6) is 0 Å². The van der Waals surface area contributed by atoms with Crippen molar-refractivity contribution in [2.75, 3.05) is 6.61 Å². The van der Waals surface area contributed by atoms with Crippen LogP contribution in [0.2, 0.25) is 0 Å². The third kappa shape index (κ3) is 2.76. The third-order valence-corrected chi connectivity index (χ3v) is 3.03. The van der Waals surface area contributed by atoms with Gasteiger partial charge in [0.15, 0.2) is 0 Å². The SMILES string of the molecule is CC(C)[C@@H](c1ccccc1)c1cn(CCO)nn1. The van der Waals surface area contributed by atoms with Gasteiger partial charge in [-0.1, -0.05) is 49.4 Å². The fourth-order valence-electron chi connectivity index (χ4n) is 2.23. The summed E-state index contributed by atoms with van der Waals surface area (Å²) in [4.78, 5) is 0. The zero-order chi connectivity index (χ0) is 13.0. The number of nitrogens with zero attached hydrogens (tertiary/aromatic N) is 3. The first-order valence-corrected chi connectivity index (χ1v) is 6.28. The average Bonchev–Trinajstić information content (AvgIpc) is 2.79. The minimum atomic E-state index is 0.0838. The highest BCUT2D eigenvalue weighted by molar-refractivity contribution is 5.27. The van der Waals surface area contributed by atoms with Crippen molar-refractivity contribution in [2.45, 2.75) is 26.3 Å². The second-order valence-electron chi connectivity index (χ2n) is 4.76. The van der Waals surface area contributed by atoms with Crippen LogP contribution >= 0.6 is 0 Å². The Kier molecular flexibility index (Phi) is 4.10. The highest BCUT2D eigenvalue weighted by atomic mass is 16.3. The van der Waals surface area contributed by atoms with Gasteiger partial charge in [-0.25, -0.2) is 4.68 Å². The normalized spacial score (nSPS) is 12.9. The van der Waals surface area contributed by atoms with Gasteiger partial charge in [-0.3, -0.25) is 0 Å². The number of rotatable bonds is 5. The van der Waals surface area contributed by atoms with Crippen LogP contribution in [0.3, 0.4) is 0 Å². The molecule has 2 aromatic rings. The van der Waals surface area contributed by atoms with E-state index in [4.69, 9.17) is 5.11 Å². The van der Waals surface area contributed by atoms with Crippen LogP contribution < -0.4 is 0 Å². The predicted molar refractivity (Wildman–Crippen MR) is 70.2 cm³/mol. The lowest BCUT2D eigenvalue weighted by atomic mass is 9.86. The summed E-state index contributed by atoms with van der Waals surface area (Å²) in [5.74, 6) is 0.699. The Bertz CT molecular complexity index is 479. The van der Waals surface area contributed by atoms with Crippen LogP contribution in [0.1, 0.15) is 31.0 Å². The van der Waals surface area contributed by atoms with Gasteiger partial charge >= 0.3 is 0 Å². The van der Waals surface area contributed by atoms with Gasteiger partial charge in [-0.05, 0) is 11.5 Å². The van der Waals surface area contributed by atoms with Crippen molar-refractivity contribution in [2.24, 2.45) is 5.92 Å². The van der Waals surface area contributed by atoms with Gasteiger partial charge in [0, 0.05) is 12.1 Å². The Hall–Kier alpha value is -1.68. The number of benzene rings is 1.